The van der Waals surface area contributed by atoms with E-state index in [1.165, 1.54) is 55.0 Å². The molecule has 1 unspecified atom stereocenters. The van der Waals surface area contributed by atoms with E-state index in [1.54, 1.807) is 0 Å². The molecule has 4 rings (SSSR count). The summed E-state index contributed by atoms with van der Waals surface area (Å²) in [5, 5.41) is 3.78. The van der Waals surface area contributed by atoms with Gasteiger partial charge in [-0.3, -0.25) is 0 Å². The predicted octanol–water partition coefficient (Wildman–Crippen LogP) is 4.00. The van der Waals surface area contributed by atoms with Gasteiger partial charge >= 0.3 is 0 Å². The number of rotatable bonds is 2. The largest absolute Gasteiger partial charge is 0.327 e. The number of benzene rings is 1. The van der Waals surface area contributed by atoms with Crippen molar-refractivity contribution in [2.45, 2.75) is 51.2 Å². The van der Waals surface area contributed by atoms with E-state index < -0.39 is 0 Å². The highest BCUT2D eigenvalue weighted by molar-refractivity contribution is 6.01. The van der Waals surface area contributed by atoms with Crippen molar-refractivity contribution in [3.8, 4) is 0 Å². The van der Waals surface area contributed by atoms with E-state index >= 15 is 0 Å². The molecule has 3 aliphatic rings. The van der Waals surface area contributed by atoms with Crippen LogP contribution in [-0.4, -0.2) is 22.5 Å². The van der Waals surface area contributed by atoms with Crippen LogP contribution in [0.1, 0.15) is 44.6 Å². The van der Waals surface area contributed by atoms with Crippen molar-refractivity contribution in [1.82, 2.24) is 0 Å². The third-order valence-corrected chi connectivity index (χ3v) is 5.25. The fraction of sp³-hybridized carbons (Fsp3) is 0.400. The zero-order valence-electron chi connectivity index (χ0n) is 13.3. The van der Waals surface area contributed by atoms with E-state index in [2.05, 4.69) is 66.8 Å². The summed E-state index contributed by atoms with van der Waals surface area (Å²) in [4.78, 5) is 0. The minimum absolute atomic E-state index is 0.271. The molecule has 1 heterocycles. The summed E-state index contributed by atoms with van der Waals surface area (Å²) in [6, 6.07) is 9.37. The Morgan fingerprint density at radius 1 is 1.00 bits per heavy atom. The van der Waals surface area contributed by atoms with Gasteiger partial charge in [0.15, 0.2) is 11.8 Å². The maximum atomic E-state index is 3.78. The SMILES string of the molecule is CC1=[N+](C2CCCCC2)C([C]2[CH][CH][CH][CH]2)Nc2ccccc21. The van der Waals surface area contributed by atoms with Gasteiger partial charge in [-0.2, -0.15) is 0 Å². The molecule has 1 aromatic rings. The van der Waals surface area contributed by atoms with Crippen LogP contribution in [0.2, 0.25) is 0 Å². The first-order chi connectivity index (χ1) is 10.8. The molecule has 2 aliphatic carbocycles. The second-order valence-corrected chi connectivity index (χ2v) is 6.60. The van der Waals surface area contributed by atoms with Gasteiger partial charge in [0.05, 0.1) is 17.2 Å². The Bertz CT molecular complexity index is 563. The molecule has 1 aliphatic heterocycles. The van der Waals surface area contributed by atoms with Crippen molar-refractivity contribution in [2.75, 3.05) is 5.32 Å². The molecular weight excluding hydrogens is 268 g/mol. The summed E-state index contributed by atoms with van der Waals surface area (Å²) >= 11 is 0. The molecule has 1 N–H and O–H groups in total. The van der Waals surface area contributed by atoms with Gasteiger partial charge in [-0.15, -0.1) is 0 Å². The summed E-state index contributed by atoms with van der Waals surface area (Å²) in [6.07, 6.45) is 15.8. The molecule has 0 amide bonds. The Morgan fingerprint density at radius 2 is 1.73 bits per heavy atom. The van der Waals surface area contributed by atoms with Gasteiger partial charge in [-0.05, 0) is 50.7 Å². The molecule has 1 atom stereocenters. The molecule has 1 aromatic carbocycles. The fourth-order valence-corrected chi connectivity index (χ4v) is 4.13. The number of anilines is 1. The number of nitrogens with zero attached hydrogens (tertiary/aromatic N) is 1. The number of para-hydroxylation sites is 1. The minimum Gasteiger partial charge on any atom is -0.327 e. The fourth-order valence-electron chi connectivity index (χ4n) is 4.13. The summed E-state index contributed by atoms with van der Waals surface area (Å²) < 4.78 is 2.65. The van der Waals surface area contributed by atoms with E-state index in [9.17, 15) is 0 Å². The summed E-state index contributed by atoms with van der Waals surface area (Å²) in [5.74, 6) is 1.37. The molecule has 2 saturated carbocycles. The number of hydrogen-bond donors (Lipinski definition) is 1. The summed E-state index contributed by atoms with van der Waals surface area (Å²) in [6.45, 7) is 2.30. The molecule has 5 radical (unpaired) electrons. The maximum absolute atomic E-state index is 3.78. The van der Waals surface area contributed by atoms with Crippen LogP contribution in [0.3, 0.4) is 0 Å². The molecule has 2 fully saturated rings. The van der Waals surface area contributed by atoms with Crippen LogP contribution in [-0.2, 0) is 0 Å². The van der Waals surface area contributed by atoms with E-state index in [0.717, 1.165) is 0 Å². The molecule has 0 bridgehead atoms. The Hall–Kier alpha value is -1.31. The molecule has 2 nitrogen and oxygen atoms in total. The average Bonchev–Trinajstić information content (AvgIpc) is 3.10. The number of hydrogen-bond acceptors (Lipinski definition) is 1. The Labute approximate surface area is 134 Å². The van der Waals surface area contributed by atoms with Crippen molar-refractivity contribution in [3.05, 3.63) is 61.4 Å². The Balaban J connectivity index is 1.75. The van der Waals surface area contributed by atoms with Gasteiger partial charge in [0, 0.05) is 19.8 Å². The standard InChI is InChI=1S/C20H23N2/c1-15-18-13-7-8-14-19(18)21-20(16-9-5-6-10-16)22(15)17-11-3-2-4-12-17/h5-10,13-14,17,20H,2-4,11-12H2,1H3/p+1. The lowest BCUT2D eigenvalue weighted by Gasteiger charge is -2.34. The Morgan fingerprint density at radius 3 is 2.50 bits per heavy atom. The van der Waals surface area contributed by atoms with E-state index in [-0.39, 0.29) is 6.17 Å². The zero-order chi connectivity index (χ0) is 14.9. The molecule has 22 heavy (non-hydrogen) atoms. The highest BCUT2D eigenvalue weighted by atomic mass is 15.2. The van der Waals surface area contributed by atoms with Gasteiger partial charge in [-0.25, -0.2) is 4.58 Å². The van der Waals surface area contributed by atoms with Crippen molar-refractivity contribution < 1.29 is 4.58 Å². The van der Waals surface area contributed by atoms with E-state index in [1.807, 2.05) is 0 Å². The van der Waals surface area contributed by atoms with Crippen molar-refractivity contribution >= 4 is 11.4 Å². The highest BCUT2D eigenvalue weighted by Gasteiger charge is 2.42. The highest BCUT2D eigenvalue weighted by Crippen LogP contribution is 2.35. The van der Waals surface area contributed by atoms with Crippen LogP contribution in [0.15, 0.2) is 24.3 Å². The summed E-state index contributed by atoms with van der Waals surface area (Å²) in [7, 11) is 0. The van der Waals surface area contributed by atoms with Crippen LogP contribution in [0, 0.1) is 31.6 Å². The van der Waals surface area contributed by atoms with Crippen LogP contribution in [0.4, 0.5) is 5.69 Å². The number of nitrogens with one attached hydrogen (secondary N) is 1. The average molecular weight is 292 g/mol. The van der Waals surface area contributed by atoms with Gasteiger partial charge < -0.3 is 5.32 Å². The first-order valence-electron chi connectivity index (χ1n) is 8.54. The lowest BCUT2D eigenvalue weighted by Crippen LogP contribution is -2.50. The lowest BCUT2D eigenvalue weighted by molar-refractivity contribution is -0.594. The third-order valence-electron chi connectivity index (χ3n) is 5.25. The van der Waals surface area contributed by atoms with Crippen LogP contribution in [0.25, 0.3) is 0 Å². The van der Waals surface area contributed by atoms with Crippen LogP contribution < -0.4 is 5.32 Å². The van der Waals surface area contributed by atoms with Crippen molar-refractivity contribution in [1.29, 1.82) is 0 Å². The molecule has 0 saturated heterocycles. The smallest absolute Gasteiger partial charge is 0.233 e. The molecular formula is C20H24N2+. The van der Waals surface area contributed by atoms with E-state index in [4.69, 9.17) is 0 Å². The van der Waals surface area contributed by atoms with Crippen molar-refractivity contribution in [2.24, 2.45) is 0 Å². The second kappa shape index (κ2) is 6.06. The lowest BCUT2D eigenvalue weighted by atomic mass is 9.90. The van der Waals surface area contributed by atoms with Crippen LogP contribution >= 0.6 is 0 Å². The van der Waals surface area contributed by atoms with Gasteiger partial charge in [0.2, 0.25) is 6.17 Å². The second-order valence-electron chi connectivity index (χ2n) is 6.60. The molecule has 2 heteroatoms. The Kier molecular flexibility index (Phi) is 3.94. The van der Waals surface area contributed by atoms with Gasteiger partial charge in [0.25, 0.3) is 0 Å². The van der Waals surface area contributed by atoms with Crippen molar-refractivity contribution in [3.63, 3.8) is 0 Å². The monoisotopic (exact) mass is 292 g/mol. The molecule has 113 valence electrons. The minimum atomic E-state index is 0.271. The first kappa shape index (κ1) is 14.3. The van der Waals surface area contributed by atoms with Crippen LogP contribution in [0.5, 0.6) is 0 Å². The van der Waals surface area contributed by atoms with Gasteiger partial charge in [0.1, 0.15) is 0 Å². The topological polar surface area (TPSA) is 15.0 Å². The first-order valence-corrected chi connectivity index (χ1v) is 8.54. The summed E-state index contributed by atoms with van der Waals surface area (Å²) in [5.41, 5.74) is 4.04. The predicted molar refractivity (Wildman–Crippen MR) is 91.2 cm³/mol. The third kappa shape index (κ3) is 2.47. The molecule has 0 spiro atoms. The quantitative estimate of drug-likeness (QED) is 0.814. The van der Waals surface area contributed by atoms with E-state index in [0.29, 0.717) is 6.04 Å². The zero-order valence-corrected chi connectivity index (χ0v) is 13.3. The number of fused-ring (bicyclic) bond motifs is 1. The molecule has 0 aromatic heterocycles. The van der Waals surface area contributed by atoms with Gasteiger partial charge in [-0.1, -0.05) is 18.6 Å². The normalized spacial score (nSPS) is 26.9. The maximum Gasteiger partial charge on any atom is 0.233 e.